The molecule has 0 atom stereocenters. The number of morpholine rings is 1. The van der Waals surface area contributed by atoms with Gasteiger partial charge in [-0.05, 0) is 18.2 Å². The fourth-order valence-electron chi connectivity index (χ4n) is 2.13. The van der Waals surface area contributed by atoms with Crippen LogP contribution in [0.3, 0.4) is 0 Å². The zero-order valence-corrected chi connectivity index (χ0v) is 12.5. The van der Waals surface area contributed by atoms with Gasteiger partial charge in [0.05, 0.1) is 24.3 Å². The van der Waals surface area contributed by atoms with Crippen molar-refractivity contribution in [3.8, 4) is 10.9 Å². The highest BCUT2D eigenvalue weighted by atomic mass is 35.5. The minimum Gasteiger partial charge on any atom is -0.431 e. The zero-order valence-electron chi connectivity index (χ0n) is 11.0. The van der Waals surface area contributed by atoms with Crippen LogP contribution in [0.15, 0.2) is 30.5 Å². The normalized spacial score (nSPS) is 16.2. The summed E-state index contributed by atoms with van der Waals surface area (Å²) in [6.45, 7) is 4.80. The SMILES string of the molecule is Clc1cccc(Oc2ncc(C[NH+]3CCOCC3)s2)c1. The molecule has 106 valence electrons. The van der Waals surface area contributed by atoms with E-state index in [9.17, 15) is 0 Å². The molecule has 0 unspecified atom stereocenters. The van der Waals surface area contributed by atoms with Crippen LogP contribution in [-0.2, 0) is 11.3 Å². The van der Waals surface area contributed by atoms with Crippen LogP contribution in [0.25, 0.3) is 0 Å². The van der Waals surface area contributed by atoms with Gasteiger partial charge in [0.2, 0.25) is 0 Å². The van der Waals surface area contributed by atoms with Gasteiger partial charge in [0.25, 0.3) is 5.19 Å². The summed E-state index contributed by atoms with van der Waals surface area (Å²) in [7, 11) is 0. The molecule has 1 aromatic carbocycles. The van der Waals surface area contributed by atoms with Gasteiger partial charge in [-0.3, -0.25) is 0 Å². The zero-order chi connectivity index (χ0) is 13.8. The van der Waals surface area contributed by atoms with E-state index >= 15 is 0 Å². The van der Waals surface area contributed by atoms with E-state index in [4.69, 9.17) is 21.1 Å². The third kappa shape index (κ3) is 3.70. The number of ether oxygens (including phenoxy) is 2. The molecule has 0 radical (unpaired) electrons. The van der Waals surface area contributed by atoms with Crippen molar-refractivity contribution in [2.75, 3.05) is 26.3 Å². The van der Waals surface area contributed by atoms with Gasteiger partial charge in [-0.1, -0.05) is 29.0 Å². The monoisotopic (exact) mass is 311 g/mol. The Morgan fingerprint density at radius 2 is 2.20 bits per heavy atom. The number of nitrogens with zero attached hydrogens (tertiary/aromatic N) is 1. The first-order valence-electron chi connectivity index (χ1n) is 6.59. The number of rotatable bonds is 4. The van der Waals surface area contributed by atoms with Crippen LogP contribution in [0.5, 0.6) is 10.9 Å². The second kappa shape index (κ2) is 6.54. The van der Waals surface area contributed by atoms with Crippen molar-refractivity contribution >= 4 is 22.9 Å². The Bertz CT molecular complexity index is 570. The highest BCUT2D eigenvalue weighted by Crippen LogP contribution is 2.27. The molecule has 20 heavy (non-hydrogen) atoms. The lowest BCUT2D eigenvalue weighted by molar-refractivity contribution is -0.921. The van der Waals surface area contributed by atoms with E-state index in [1.807, 2.05) is 24.4 Å². The number of benzene rings is 1. The molecule has 1 N–H and O–H groups in total. The van der Waals surface area contributed by atoms with Crippen LogP contribution in [0.4, 0.5) is 0 Å². The van der Waals surface area contributed by atoms with Crippen LogP contribution < -0.4 is 9.64 Å². The fourth-order valence-corrected chi connectivity index (χ4v) is 3.16. The molecular weight excluding hydrogens is 296 g/mol. The number of hydrogen-bond donors (Lipinski definition) is 1. The molecule has 0 saturated carbocycles. The van der Waals surface area contributed by atoms with Crippen molar-refractivity contribution in [2.24, 2.45) is 0 Å². The Labute approximate surface area is 126 Å². The van der Waals surface area contributed by atoms with Gasteiger partial charge < -0.3 is 14.4 Å². The van der Waals surface area contributed by atoms with Crippen molar-refractivity contribution in [1.29, 1.82) is 0 Å². The van der Waals surface area contributed by atoms with Crippen molar-refractivity contribution in [3.05, 3.63) is 40.4 Å². The number of aromatic nitrogens is 1. The van der Waals surface area contributed by atoms with Crippen molar-refractivity contribution in [2.45, 2.75) is 6.54 Å². The maximum atomic E-state index is 5.93. The fraction of sp³-hybridized carbons (Fsp3) is 0.357. The van der Waals surface area contributed by atoms with Gasteiger partial charge in [-0.2, -0.15) is 0 Å². The summed E-state index contributed by atoms with van der Waals surface area (Å²) >= 11 is 7.52. The van der Waals surface area contributed by atoms with E-state index in [0.717, 1.165) is 38.6 Å². The minimum atomic E-state index is 0.662. The van der Waals surface area contributed by atoms with Crippen molar-refractivity contribution in [1.82, 2.24) is 4.98 Å². The van der Waals surface area contributed by atoms with Crippen LogP contribution in [0.2, 0.25) is 5.02 Å². The van der Waals surface area contributed by atoms with E-state index in [0.29, 0.717) is 10.2 Å². The summed E-state index contributed by atoms with van der Waals surface area (Å²) in [5.41, 5.74) is 0. The Balaban J connectivity index is 1.61. The molecule has 1 aliphatic heterocycles. The molecule has 0 bridgehead atoms. The van der Waals surface area contributed by atoms with Crippen LogP contribution >= 0.6 is 22.9 Å². The topological polar surface area (TPSA) is 35.8 Å². The average Bonchev–Trinajstić information content (AvgIpc) is 2.87. The molecule has 1 aliphatic rings. The van der Waals surface area contributed by atoms with Gasteiger partial charge in [0, 0.05) is 5.02 Å². The first kappa shape index (κ1) is 13.8. The first-order chi connectivity index (χ1) is 9.79. The molecule has 3 rings (SSSR count). The number of halogens is 1. The molecular formula is C14H16ClN2O2S+. The number of thiazole rings is 1. The van der Waals surface area contributed by atoms with Crippen LogP contribution in [-0.4, -0.2) is 31.3 Å². The third-order valence-electron chi connectivity index (χ3n) is 3.16. The molecule has 0 amide bonds. The molecule has 1 fully saturated rings. The van der Waals surface area contributed by atoms with E-state index in [1.165, 1.54) is 9.78 Å². The summed E-state index contributed by atoms with van der Waals surface area (Å²) in [5, 5.41) is 1.33. The van der Waals surface area contributed by atoms with E-state index in [2.05, 4.69) is 4.98 Å². The van der Waals surface area contributed by atoms with E-state index < -0.39 is 0 Å². The predicted molar refractivity (Wildman–Crippen MR) is 78.9 cm³/mol. The Hall–Kier alpha value is -1.14. The Kier molecular flexibility index (Phi) is 4.52. The number of hydrogen-bond acceptors (Lipinski definition) is 4. The highest BCUT2D eigenvalue weighted by Gasteiger charge is 2.16. The molecule has 1 saturated heterocycles. The van der Waals surface area contributed by atoms with Crippen LogP contribution in [0.1, 0.15) is 4.88 Å². The highest BCUT2D eigenvalue weighted by molar-refractivity contribution is 7.13. The molecule has 6 heteroatoms. The maximum Gasteiger partial charge on any atom is 0.279 e. The van der Waals surface area contributed by atoms with Crippen molar-refractivity contribution < 1.29 is 14.4 Å². The molecule has 2 heterocycles. The number of quaternary nitrogens is 1. The second-order valence-electron chi connectivity index (χ2n) is 4.69. The Morgan fingerprint density at radius 3 is 3.00 bits per heavy atom. The maximum absolute atomic E-state index is 5.93. The van der Waals surface area contributed by atoms with E-state index in [-0.39, 0.29) is 0 Å². The van der Waals surface area contributed by atoms with Crippen LogP contribution in [0, 0.1) is 0 Å². The molecule has 0 aliphatic carbocycles. The molecule has 1 aromatic heterocycles. The first-order valence-corrected chi connectivity index (χ1v) is 7.78. The quantitative estimate of drug-likeness (QED) is 0.938. The third-order valence-corrected chi connectivity index (χ3v) is 4.27. The van der Waals surface area contributed by atoms with Crippen molar-refractivity contribution in [3.63, 3.8) is 0 Å². The number of nitrogens with one attached hydrogen (secondary N) is 1. The lowest BCUT2D eigenvalue weighted by atomic mass is 10.3. The van der Waals surface area contributed by atoms with Gasteiger partial charge in [-0.25, -0.2) is 4.98 Å². The van der Waals surface area contributed by atoms with Gasteiger partial charge >= 0.3 is 0 Å². The summed E-state index contributed by atoms with van der Waals surface area (Å²) in [6, 6.07) is 7.35. The summed E-state index contributed by atoms with van der Waals surface area (Å²) in [6.07, 6.45) is 1.90. The van der Waals surface area contributed by atoms with Gasteiger partial charge in [0.1, 0.15) is 25.4 Å². The minimum absolute atomic E-state index is 0.662. The summed E-state index contributed by atoms with van der Waals surface area (Å²) in [4.78, 5) is 7.09. The van der Waals surface area contributed by atoms with Gasteiger partial charge in [-0.15, -0.1) is 0 Å². The summed E-state index contributed by atoms with van der Waals surface area (Å²) in [5.74, 6) is 0.720. The standard InChI is InChI=1S/C14H15ClN2O2S/c15-11-2-1-3-12(8-11)19-14-16-9-13(20-14)10-17-4-6-18-7-5-17/h1-3,8-9H,4-7,10H2/p+1. The second-order valence-corrected chi connectivity index (χ2v) is 6.21. The molecule has 0 spiro atoms. The average molecular weight is 312 g/mol. The largest absolute Gasteiger partial charge is 0.431 e. The lowest BCUT2D eigenvalue weighted by Gasteiger charge is -2.22. The molecule has 2 aromatic rings. The predicted octanol–water partition coefficient (Wildman–Crippen LogP) is 2.00. The van der Waals surface area contributed by atoms with Gasteiger partial charge in [0.15, 0.2) is 0 Å². The molecule has 4 nitrogen and oxygen atoms in total. The summed E-state index contributed by atoms with van der Waals surface area (Å²) < 4.78 is 11.1. The smallest absolute Gasteiger partial charge is 0.279 e. The Morgan fingerprint density at radius 1 is 1.35 bits per heavy atom. The van der Waals surface area contributed by atoms with E-state index in [1.54, 1.807) is 17.4 Å². The lowest BCUT2D eigenvalue weighted by Crippen LogP contribution is -3.12.